The van der Waals surface area contributed by atoms with E-state index in [1.165, 1.54) is 0 Å². The van der Waals surface area contributed by atoms with Crippen molar-refractivity contribution in [2.24, 2.45) is 0 Å². The highest BCUT2D eigenvalue weighted by Crippen LogP contribution is 2.24. The summed E-state index contributed by atoms with van der Waals surface area (Å²) in [5.41, 5.74) is 2.63. The normalized spacial score (nSPS) is 10.7. The minimum atomic E-state index is -0.245. The van der Waals surface area contributed by atoms with E-state index in [-0.39, 0.29) is 12.5 Å². The molecule has 25 heavy (non-hydrogen) atoms. The van der Waals surface area contributed by atoms with Crippen LogP contribution in [0, 0.1) is 6.92 Å². The van der Waals surface area contributed by atoms with Crippen LogP contribution < -0.4 is 10.1 Å². The van der Waals surface area contributed by atoms with Gasteiger partial charge in [-0.15, -0.1) is 0 Å². The number of rotatable bonds is 5. The van der Waals surface area contributed by atoms with Crippen molar-refractivity contribution >= 4 is 38.4 Å². The van der Waals surface area contributed by atoms with E-state index >= 15 is 0 Å². The fourth-order valence-corrected chi connectivity index (χ4v) is 3.00. The monoisotopic (exact) mass is 399 g/mol. The van der Waals surface area contributed by atoms with Crippen molar-refractivity contribution < 1.29 is 9.53 Å². The van der Waals surface area contributed by atoms with Gasteiger partial charge in [-0.2, -0.15) is 4.98 Å². The molecule has 1 amide bonds. The summed E-state index contributed by atoms with van der Waals surface area (Å²) >= 11 is 3.45. The molecule has 0 spiro atoms. The minimum Gasteiger partial charge on any atom is -0.467 e. The second-order valence-electron chi connectivity index (χ2n) is 5.64. The summed E-state index contributed by atoms with van der Waals surface area (Å²) in [4.78, 5) is 21.1. The summed E-state index contributed by atoms with van der Waals surface area (Å²) in [6.45, 7) is 3.85. The predicted molar refractivity (Wildman–Crippen MR) is 102 cm³/mol. The van der Waals surface area contributed by atoms with Gasteiger partial charge in [0.1, 0.15) is 5.82 Å². The molecule has 1 heterocycles. The molecule has 0 saturated heterocycles. The van der Waals surface area contributed by atoms with Gasteiger partial charge < -0.3 is 10.1 Å². The van der Waals surface area contributed by atoms with E-state index in [0.29, 0.717) is 23.8 Å². The smallest absolute Gasteiger partial charge is 0.262 e. The molecule has 0 saturated carbocycles. The van der Waals surface area contributed by atoms with E-state index in [2.05, 4.69) is 31.2 Å². The average molecular weight is 400 g/mol. The molecular formula is C19H18BrN3O2. The lowest BCUT2D eigenvalue weighted by Crippen LogP contribution is -2.21. The van der Waals surface area contributed by atoms with Crippen molar-refractivity contribution in [3.05, 3.63) is 58.3 Å². The third-order valence-electron chi connectivity index (χ3n) is 3.67. The van der Waals surface area contributed by atoms with Crippen LogP contribution in [0.3, 0.4) is 0 Å². The lowest BCUT2D eigenvalue weighted by Gasteiger charge is -2.11. The zero-order chi connectivity index (χ0) is 17.8. The number of hydrogen-bond acceptors (Lipinski definition) is 4. The number of carbonyl (C=O) groups is 1. The number of aromatic nitrogens is 2. The van der Waals surface area contributed by atoms with Crippen LogP contribution in [0.1, 0.15) is 18.3 Å². The number of anilines is 1. The van der Waals surface area contributed by atoms with Gasteiger partial charge in [-0.3, -0.25) is 4.79 Å². The van der Waals surface area contributed by atoms with Crippen LogP contribution in [0.4, 0.5) is 5.69 Å². The van der Waals surface area contributed by atoms with Gasteiger partial charge >= 0.3 is 0 Å². The van der Waals surface area contributed by atoms with E-state index < -0.39 is 0 Å². The van der Waals surface area contributed by atoms with Crippen molar-refractivity contribution in [3.8, 4) is 5.88 Å². The topological polar surface area (TPSA) is 64.1 Å². The molecule has 0 unspecified atom stereocenters. The molecule has 0 fully saturated rings. The van der Waals surface area contributed by atoms with Crippen molar-refractivity contribution in [1.29, 1.82) is 0 Å². The highest BCUT2D eigenvalue weighted by Gasteiger charge is 2.11. The number of fused-ring (bicyclic) bond motifs is 1. The second kappa shape index (κ2) is 7.61. The largest absolute Gasteiger partial charge is 0.467 e. The zero-order valence-electron chi connectivity index (χ0n) is 14.0. The molecule has 2 aromatic carbocycles. The first-order valence-electron chi connectivity index (χ1n) is 8.01. The Morgan fingerprint density at radius 3 is 2.76 bits per heavy atom. The first-order valence-corrected chi connectivity index (χ1v) is 8.80. The summed E-state index contributed by atoms with van der Waals surface area (Å²) in [6.07, 6.45) is 0.698. The van der Waals surface area contributed by atoms with Gasteiger partial charge in [0.05, 0.1) is 16.6 Å². The SMILES string of the molecule is CCc1nc(OCC(=O)Nc2ccc(C)cc2Br)c2ccccc2n1. The van der Waals surface area contributed by atoms with Gasteiger partial charge in [0.25, 0.3) is 5.91 Å². The Balaban J connectivity index is 1.74. The van der Waals surface area contributed by atoms with Gasteiger partial charge in [0, 0.05) is 10.9 Å². The molecule has 1 aromatic heterocycles. The standard InChI is InChI=1S/C19H18BrN3O2/c1-3-17-21-15-7-5-4-6-13(15)19(23-17)25-11-18(24)22-16-9-8-12(2)10-14(16)20/h4-10H,3,11H2,1-2H3,(H,22,24). The number of nitrogens with one attached hydrogen (secondary N) is 1. The van der Waals surface area contributed by atoms with Crippen LogP contribution in [0.25, 0.3) is 10.9 Å². The van der Waals surface area contributed by atoms with Crippen LogP contribution in [0.15, 0.2) is 46.9 Å². The van der Waals surface area contributed by atoms with Crippen molar-refractivity contribution in [2.75, 3.05) is 11.9 Å². The molecular weight excluding hydrogens is 382 g/mol. The van der Waals surface area contributed by atoms with Gasteiger partial charge in [-0.1, -0.05) is 25.1 Å². The molecule has 5 nitrogen and oxygen atoms in total. The summed E-state index contributed by atoms with van der Waals surface area (Å²) in [5.74, 6) is 0.876. The summed E-state index contributed by atoms with van der Waals surface area (Å²) in [6, 6.07) is 13.3. The highest BCUT2D eigenvalue weighted by atomic mass is 79.9. The number of para-hydroxylation sites is 1. The lowest BCUT2D eigenvalue weighted by molar-refractivity contribution is -0.118. The first-order chi connectivity index (χ1) is 12.1. The molecule has 3 aromatic rings. The van der Waals surface area contributed by atoms with E-state index in [0.717, 1.165) is 20.9 Å². The molecule has 1 N–H and O–H groups in total. The average Bonchev–Trinajstić information content (AvgIpc) is 2.61. The Morgan fingerprint density at radius 1 is 1.20 bits per heavy atom. The van der Waals surface area contributed by atoms with Crippen molar-refractivity contribution in [1.82, 2.24) is 9.97 Å². The number of carbonyl (C=O) groups excluding carboxylic acids is 1. The molecule has 0 aliphatic rings. The van der Waals surface area contributed by atoms with E-state index in [4.69, 9.17) is 4.74 Å². The second-order valence-corrected chi connectivity index (χ2v) is 6.49. The first kappa shape index (κ1) is 17.4. The molecule has 128 valence electrons. The third kappa shape index (κ3) is 4.14. The molecule has 0 radical (unpaired) electrons. The van der Waals surface area contributed by atoms with Gasteiger partial charge in [0.2, 0.25) is 5.88 Å². The summed E-state index contributed by atoms with van der Waals surface area (Å²) in [5, 5.41) is 3.63. The fourth-order valence-electron chi connectivity index (χ4n) is 2.40. The number of ether oxygens (including phenoxy) is 1. The van der Waals surface area contributed by atoms with Crippen LogP contribution in [-0.2, 0) is 11.2 Å². The number of nitrogens with zero attached hydrogens (tertiary/aromatic N) is 2. The van der Waals surface area contributed by atoms with E-state index in [1.54, 1.807) is 0 Å². The van der Waals surface area contributed by atoms with Crippen LogP contribution >= 0.6 is 15.9 Å². The molecule has 3 rings (SSSR count). The van der Waals surface area contributed by atoms with E-state index in [1.807, 2.05) is 56.3 Å². The van der Waals surface area contributed by atoms with Gasteiger partial charge in [-0.25, -0.2) is 4.98 Å². The predicted octanol–water partition coefficient (Wildman–Crippen LogP) is 4.28. The Labute approximate surface area is 154 Å². The van der Waals surface area contributed by atoms with E-state index in [9.17, 15) is 4.79 Å². The number of benzene rings is 2. The number of halogens is 1. The highest BCUT2D eigenvalue weighted by molar-refractivity contribution is 9.10. The van der Waals surface area contributed by atoms with Crippen LogP contribution in [0.5, 0.6) is 5.88 Å². The summed E-state index contributed by atoms with van der Waals surface area (Å²) < 4.78 is 6.52. The quantitative estimate of drug-likeness (QED) is 0.695. The minimum absolute atomic E-state index is 0.121. The molecule has 0 atom stereocenters. The maximum absolute atomic E-state index is 12.2. The Hall–Kier alpha value is -2.47. The lowest BCUT2D eigenvalue weighted by atomic mass is 10.2. The molecule has 6 heteroatoms. The number of aryl methyl sites for hydroxylation is 2. The fraction of sp³-hybridized carbons (Fsp3) is 0.211. The van der Waals surface area contributed by atoms with Crippen molar-refractivity contribution in [2.45, 2.75) is 20.3 Å². The zero-order valence-corrected chi connectivity index (χ0v) is 15.6. The molecule has 0 bridgehead atoms. The maximum atomic E-state index is 12.2. The van der Waals surface area contributed by atoms with Gasteiger partial charge in [-0.05, 0) is 52.7 Å². The Morgan fingerprint density at radius 2 is 2.00 bits per heavy atom. The van der Waals surface area contributed by atoms with Gasteiger partial charge in [0.15, 0.2) is 6.61 Å². The van der Waals surface area contributed by atoms with Crippen LogP contribution in [0.2, 0.25) is 0 Å². The molecule has 0 aliphatic carbocycles. The Bertz CT molecular complexity index is 928. The maximum Gasteiger partial charge on any atom is 0.262 e. The Kier molecular flexibility index (Phi) is 5.28. The number of hydrogen-bond donors (Lipinski definition) is 1. The summed E-state index contributed by atoms with van der Waals surface area (Å²) in [7, 11) is 0. The third-order valence-corrected chi connectivity index (χ3v) is 4.33. The number of amides is 1. The van der Waals surface area contributed by atoms with Crippen LogP contribution in [-0.4, -0.2) is 22.5 Å². The van der Waals surface area contributed by atoms with Crippen molar-refractivity contribution in [3.63, 3.8) is 0 Å². The molecule has 0 aliphatic heterocycles.